The first-order valence-corrected chi connectivity index (χ1v) is 7.76. The van der Waals surface area contributed by atoms with E-state index < -0.39 is 10.2 Å². The Kier molecular flexibility index (Phi) is 4.21. The Morgan fingerprint density at radius 3 is 2.17 bits per heavy atom. The smallest absolute Gasteiger partial charge is 0.277 e. The average molecular weight is 276 g/mol. The summed E-state index contributed by atoms with van der Waals surface area (Å²) in [5.41, 5.74) is 0. The summed E-state index contributed by atoms with van der Waals surface area (Å²) in [6, 6.07) is 0. The third kappa shape index (κ3) is 3.19. The average Bonchev–Trinajstić information content (AvgIpc) is 2.38. The van der Waals surface area contributed by atoms with Gasteiger partial charge in [-0.25, -0.2) is 5.14 Å². The quantitative estimate of drug-likeness (QED) is 0.630. The second-order valence-corrected chi connectivity index (χ2v) is 6.34. The zero-order valence-corrected chi connectivity index (χ0v) is 11.2. The normalized spacial score (nSPS) is 24.2. The summed E-state index contributed by atoms with van der Waals surface area (Å²) in [6.45, 7) is 3.25. The van der Waals surface area contributed by atoms with Gasteiger partial charge in [0.25, 0.3) is 10.2 Å². The lowest BCUT2D eigenvalue weighted by Crippen LogP contribution is -2.54. The highest BCUT2D eigenvalue weighted by molar-refractivity contribution is 7.86. The third-order valence-corrected chi connectivity index (χ3v) is 4.68. The molecular formula is C10H20N4O3S. The first kappa shape index (κ1) is 13.7. The monoisotopic (exact) mass is 276 g/mol. The molecule has 3 N–H and O–H groups in total. The molecule has 0 radical (unpaired) electrons. The van der Waals surface area contributed by atoms with Crippen LogP contribution in [0.1, 0.15) is 12.8 Å². The van der Waals surface area contributed by atoms with Crippen LogP contribution >= 0.6 is 0 Å². The maximum absolute atomic E-state index is 12.2. The number of carbonyl (C=O) groups is 1. The molecule has 2 aliphatic heterocycles. The van der Waals surface area contributed by atoms with Gasteiger partial charge in [-0.1, -0.05) is 0 Å². The summed E-state index contributed by atoms with van der Waals surface area (Å²) in [5.74, 6) is 0.248. The van der Waals surface area contributed by atoms with Gasteiger partial charge >= 0.3 is 0 Å². The molecule has 18 heavy (non-hydrogen) atoms. The second-order valence-electron chi connectivity index (χ2n) is 4.79. The van der Waals surface area contributed by atoms with Gasteiger partial charge in [0, 0.05) is 32.1 Å². The van der Waals surface area contributed by atoms with E-state index in [1.54, 1.807) is 4.90 Å². The van der Waals surface area contributed by atoms with E-state index in [0.29, 0.717) is 26.2 Å². The van der Waals surface area contributed by atoms with Gasteiger partial charge in [0.05, 0.1) is 0 Å². The van der Waals surface area contributed by atoms with Crippen LogP contribution in [0.5, 0.6) is 0 Å². The topological polar surface area (TPSA) is 95.7 Å². The van der Waals surface area contributed by atoms with E-state index in [-0.39, 0.29) is 11.8 Å². The number of piperidine rings is 1. The van der Waals surface area contributed by atoms with Gasteiger partial charge in [0.1, 0.15) is 0 Å². The van der Waals surface area contributed by atoms with Crippen molar-refractivity contribution >= 4 is 16.1 Å². The van der Waals surface area contributed by atoms with Crippen LogP contribution < -0.4 is 10.5 Å². The predicted octanol–water partition coefficient (Wildman–Crippen LogP) is -1.67. The fraction of sp³-hybridized carbons (Fsp3) is 0.900. The van der Waals surface area contributed by atoms with Gasteiger partial charge < -0.3 is 10.2 Å². The number of amides is 1. The predicted molar refractivity (Wildman–Crippen MR) is 66.9 cm³/mol. The molecule has 0 aliphatic carbocycles. The SMILES string of the molecule is NS(=O)(=O)N1CCN(C(=O)C2CCNCC2)CC1. The summed E-state index contributed by atoms with van der Waals surface area (Å²) in [5, 5.41) is 8.29. The molecule has 0 unspecified atom stereocenters. The van der Waals surface area contributed by atoms with E-state index in [1.165, 1.54) is 4.31 Å². The maximum atomic E-state index is 12.2. The number of rotatable bonds is 2. The van der Waals surface area contributed by atoms with Crippen LogP contribution in [0.2, 0.25) is 0 Å². The fourth-order valence-corrected chi connectivity index (χ4v) is 3.16. The molecule has 2 heterocycles. The highest BCUT2D eigenvalue weighted by Crippen LogP contribution is 2.16. The van der Waals surface area contributed by atoms with Crippen LogP contribution in [0.3, 0.4) is 0 Å². The fourth-order valence-electron chi connectivity index (χ4n) is 2.49. The lowest BCUT2D eigenvalue weighted by molar-refractivity contribution is -0.137. The standard InChI is InChI=1S/C10H20N4O3S/c11-18(16,17)14-7-5-13(6-8-14)10(15)9-1-3-12-4-2-9/h9,12H,1-8H2,(H2,11,16,17). The first-order chi connectivity index (χ1) is 8.48. The van der Waals surface area contributed by atoms with Crippen LogP contribution in [0.4, 0.5) is 0 Å². The Morgan fingerprint density at radius 1 is 1.11 bits per heavy atom. The van der Waals surface area contributed by atoms with E-state index in [9.17, 15) is 13.2 Å². The van der Waals surface area contributed by atoms with Crippen LogP contribution in [0, 0.1) is 5.92 Å². The van der Waals surface area contributed by atoms with Crippen LogP contribution in [-0.2, 0) is 15.0 Å². The van der Waals surface area contributed by atoms with Crippen molar-refractivity contribution < 1.29 is 13.2 Å². The molecule has 2 saturated heterocycles. The number of carbonyl (C=O) groups excluding carboxylic acids is 1. The van der Waals surface area contributed by atoms with Crippen molar-refractivity contribution in [2.75, 3.05) is 39.3 Å². The lowest BCUT2D eigenvalue weighted by Gasteiger charge is -2.35. The number of hydrogen-bond acceptors (Lipinski definition) is 4. The van der Waals surface area contributed by atoms with E-state index in [2.05, 4.69) is 5.32 Å². The molecule has 104 valence electrons. The van der Waals surface area contributed by atoms with Crippen LogP contribution in [0.25, 0.3) is 0 Å². The molecule has 0 aromatic heterocycles. The summed E-state index contributed by atoms with van der Waals surface area (Å²) in [6.07, 6.45) is 1.74. The highest BCUT2D eigenvalue weighted by Gasteiger charge is 2.30. The molecule has 2 rings (SSSR count). The molecule has 1 amide bonds. The largest absolute Gasteiger partial charge is 0.340 e. The molecule has 8 heteroatoms. The summed E-state index contributed by atoms with van der Waals surface area (Å²) in [4.78, 5) is 14.0. The van der Waals surface area contributed by atoms with Gasteiger partial charge in [-0.2, -0.15) is 12.7 Å². The molecule has 0 aromatic rings. The van der Waals surface area contributed by atoms with Crippen LogP contribution in [-0.4, -0.2) is 62.8 Å². The van der Waals surface area contributed by atoms with Gasteiger partial charge in [-0.3, -0.25) is 4.79 Å². The number of hydrogen-bond donors (Lipinski definition) is 2. The minimum absolute atomic E-state index is 0.0901. The molecule has 0 bridgehead atoms. The van der Waals surface area contributed by atoms with Crippen molar-refractivity contribution in [2.24, 2.45) is 11.1 Å². The number of nitrogens with one attached hydrogen (secondary N) is 1. The first-order valence-electron chi connectivity index (χ1n) is 6.26. The number of nitrogens with two attached hydrogens (primary N) is 1. The Bertz CT molecular complexity index is 397. The zero-order chi connectivity index (χ0) is 13.2. The highest BCUT2D eigenvalue weighted by atomic mass is 32.2. The number of nitrogens with zero attached hydrogens (tertiary/aromatic N) is 2. The summed E-state index contributed by atoms with van der Waals surface area (Å²) >= 11 is 0. The summed E-state index contributed by atoms with van der Waals surface area (Å²) < 4.78 is 23.5. The van der Waals surface area contributed by atoms with Gasteiger partial charge in [-0.15, -0.1) is 0 Å². The molecule has 7 nitrogen and oxygen atoms in total. The molecule has 0 atom stereocenters. The minimum atomic E-state index is -3.61. The van der Waals surface area contributed by atoms with E-state index in [0.717, 1.165) is 25.9 Å². The van der Waals surface area contributed by atoms with Gasteiger partial charge in [0.15, 0.2) is 0 Å². The second kappa shape index (κ2) is 5.52. The minimum Gasteiger partial charge on any atom is -0.340 e. The van der Waals surface area contributed by atoms with Crippen molar-refractivity contribution in [1.29, 1.82) is 0 Å². The Balaban J connectivity index is 1.87. The van der Waals surface area contributed by atoms with E-state index in [1.807, 2.05) is 0 Å². The molecule has 0 aromatic carbocycles. The van der Waals surface area contributed by atoms with Crippen LogP contribution in [0.15, 0.2) is 0 Å². The molecule has 2 aliphatic rings. The van der Waals surface area contributed by atoms with Crippen molar-refractivity contribution in [3.63, 3.8) is 0 Å². The Hall–Kier alpha value is -0.700. The van der Waals surface area contributed by atoms with Crippen molar-refractivity contribution in [1.82, 2.24) is 14.5 Å². The number of piperazine rings is 1. The van der Waals surface area contributed by atoms with Gasteiger partial charge in [0.2, 0.25) is 5.91 Å². The molecule has 2 fully saturated rings. The van der Waals surface area contributed by atoms with Crippen molar-refractivity contribution in [3.8, 4) is 0 Å². The van der Waals surface area contributed by atoms with Crippen molar-refractivity contribution in [2.45, 2.75) is 12.8 Å². The maximum Gasteiger partial charge on any atom is 0.277 e. The molecule has 0 spiro atoms. The van der Waals surface area contributed by atoms with Crippen molar-refractivity contribution in [3.05, 3.63) is 0 Å². The third-order valence-electron chi connectivity index (χ3n) is 3.60. The lowest BCUT2D eigenvalue weighted by atomic mass is 9.96. The Labute approximate surface area is 107 Å². The Morgan fingerprint density at radius 2 is 1.67 bits per heavy atom. The summed E-state index contributed by atoms with van der Waals surface area (Å²) in [7, 11) is -3.61. The van der Waals surface area contributed by atoms with Gasteiger partial charge in [-0.05, 0) is 25.9 Å². The van der Waals surface area contributed by atoms with E-state index >= 15 is 0 Å². The zero-order valence-electron chi connectivity index (χ0n) is 10.3. The molecule has 0 saturated carbocycles. The van der Waals surface area contributed by atoms with E-state index in [4.69, 9.17) is 5.14 Å². The molecular weight excluding hydrogens is 256 g/mol.